The number of hydrogen-bond donors (Lipinski definition) is 2. The number of likely N-dealkylation sites (tertiary alicyclic amines) is 1. The molecule has 146 valence electrons. The molecule has 1 heterocycles. The van der Waals surface area contributed by atoms with Gasteiger partial charge in [-0.2, -0.15) is 0 Å². The number of benzene rings is 1. The summed E-state index contributed by atoms with van der Waals surface area (Å²) in [5, 5.41) is 6.93. The first-order valence-electron chi connectivity index (χ1n) is 9.61. The number of rotatable bonds is 9. The molecule has 2 N–H and O–H groups in total. The summed E-state index contributed by atoms with van der Waals surface area (Å²) in [5.41, 5.74) is 1.32. The van der Waals surface area contributed by atoms with E-state index in [0.717, 1.165) is 50.9 Å². The van der Waals surface area contributed by atoms with Crippen LogP contribution in [0.4, 0.5) is 0 Å². The van der Waals surface area contributed by atoms with Crippen molar-refractivity contribution in [2.45, 2.75) is 25.3 Å². The van der Waals surface area contributed by atoms with Crippen molar-refractivity contribution in [3.05, 3.63) is 29.8 Å². The molecule has 0 amide bonds. The summed E-state index contributed by atoms with van der Waals surface area (Å²) in [6, 6.07) is 8.80. The smallest absolute Gasteiger partial charge is 0.191 e. The Morgan fingerprint density at radius 3 is 2.46 bits per heavy atom. The minimum absolute atomic E-state index is 0.351. The maximum atomic E-state index is 5.30. The Hall–Kier alpha value is -1.79. The van der Waals surface area contributed by atoms with Crippen molar-refractivity contribution in [1.82, 2.24) is 20.4 Å². The van der Waals surface area contributed by atoms with Crippen molar-refractivity contribution in [2.75, 3.05) is 61.0 Å². The van der Waals surface area contributed by atoms with Crippen LogP contribution < -0.4 is 15.4 Å². The van der Waals surface area contributed by atoms with Gasteiger partial charge in [0.25, 0.3) is 0 Å². The minimum atomic E-state index is 0.351. The fraction of sp³-hybridized carbons (Fsp3) is 0.650. The van der Waals surface area contributed by atoms with Crippen LogP contribution in [0.2, 0.25) is 0 Å². The third kappa shape index (κ3) is 6.50. The summed E-state index contributed by atoms with van der Waals surface area (Å²) in [7, 11) is 7.74. The largest absolute Gasteiger partial charge is 0.497 e. The third-order valence-electron chi connectivity index (χ3n) is 4.84. The van der Waals surface area contributed by atoms with Crippen molar-refractivity contribution in [3.8, 4) is 5.75 Å². The number of hydrogen-bond acceptors (Lipinski definition) is 4. The van der Waals surface area contributed by atoms with Crippen LogP contribution in [0.15, 0.2) is 29.3 Å². The number of aliphatic imine (C=N–C) groups is 1. The van der Waals surface area contributed by atoms with Crippen molar-refractivity contribution < 1.29 is 4.74 Å². The minimum Gasteiger partial charge on any atom is -0.497 e. The van der Waals surface area contributed by atoms with Crippen LogP contribution in [0.1, 0.15) is 30.9 Å². The second-order valence-electron chi connectivity index (χ2n) is 7.07. The number of nitrogens with one attached hydrogen (secondary N) is 2. The standard InChI is InChI=1S/C20H35N5O/c1-21-20(22-12-7-13-24(2)3)23-16-19(25-14-5-6-15-25)17-8-10-18(26-4)11-9-17/h8-11,19H,5-7,12-16H2,1-4H3,(H2,21,22,23). The second-order valence-corrected chi connectivity index (χ2v) is 7.07. The summed E-state index contributed by atoms with van der Waals surface area (Å²) in [5.74, 6) is 1.78. The molecule has 6 nitrogen and oxygen atoms in total. The molecule has 1 unspecified atom stereocenters. The van der Waals surface area contributed by atoms with Gasteiger partial charge in [0.2, 0.25) is 0 Å². The molecule has 1 atom stereocenters. The topological polar surface area (TPSA) is 52.1 Å². The van der Waals surface area contributed by atoms with Crippen molar-refractivity contribution in [1.29, 1.82) is 0 Å². The zero-order chi connectivity index (χ0) is 18.8. The molecule has 1 fully saturated rings. The molecular weight excluding hydrogens is 326 g/mol. The van der Waals surface area contributed by atoms with Crippen LogP contribution in [-0.2, 0) is 0 Å². The Labute approximate surface area is 158 Å². The lowest BCUT2D eigenvalue weighted by atomic mass is 10.1. The summed E-state index contributed by atoms with van der Waals surface area (Å²) in [6.07, 6.45) is 3.66. The van der Waals surface area contributed by atoms with E-state index in [1.165, 1.54) is 18.4 Å². The first-order chi connectivity index (χ1) is 12.6. The number of guanidine groups is 1. The lowest BCUT2D eigenvalue weighted by Crippen LogP contribution is -2.43. The molecule has 0 aliphatic carbocycles. The molecule has 0 aromatic heterocycles. The van der Waals surface area contributed by atoms with E-state index < -0.39 is 0 Å². The van der Waals surface area contributed by atoms with Gasteiger partial charge in [0.05, 0.1) is 13.2 Å². The van der Waals surface area contributed by atoms with E-state index in [0.29, 0.717) is 6.04 Å². The highest BCUT2D eigenvalue weighted by atomic mass is 16.5. The van der Waals surface area contributed by atoms with Gasteiger partial charge in [-0.05, 0) is 70.7 Å². The Morgan fingerprint density at radius 1 is 1.19 bits per heavy atom. The van der Waals surface area contributed by atoms with E-state index in [4.69, 9.17) is 4.74 Å². The molecule has 1 aliphatic heterocycles. The van der Waals surface area contributed by atoms with Crippen molar-refractivity contribution >= 4 is 5.96 Å². The summed E-state index contributed by atoms with van der Waals surface area (Å²) in [4.78, 5) is 9.13. The van der Waals surface area contributed by atoms with Gasteiger partial charge in [-0.15, -0.1) is 0 Å². The van der Waals surface area contributed by atoms with Gasteiger partial charge in [-0.3, -0.25) is 9.89 Å². The molecule has 1 saturated heterocycles. The molecule has 0 bridgehead atoms. The lowest BCUT2D eigenvalue weighted by Gasteiger charge is -2.29. The van der Waals surface area contributed by atoms with Crippen LogP contribution in [0, 0.1) is 0 Å². The van der Waals surface area contributed by atoms with Crippen LogP contribution in [0.3, 0.4) is 0 Å². The molecule has 1 aromatic rings. The Bertz CT molecular complexity index is 538. The molecular formula is C20H35N5O. The van der Waals surface area contributed by atoms with Crippen LogP contribution >= 0.6 is 0 Å². The summed E-state index contributed by atoms with van der Waals surface area (Å²) >= 11 is 0. The average Bonchev–Trinajstić information content (AvgIpc) is 3.18. The fourth-order valence-electron chi connectivity index (χ4n) is 3.35. The zero-order valence-electron chi connectivity index (χ0n) is 16.8. The predicted molar refractivity (Wildman–Crippen MR) is 109 cm³/mol. The number of ether oxygens (including phenoxy) is 1. The van der Waals surface area contributed by atoms with E-state index in [1.807, 2.05) is 19.2 Å². The van der Waals surface area contributed by atoms with Gasteiger partial charge in [0, 0.05) is 20.1 Å². The van der Waals surface area contributed by atoms with E-state index >= 15 is 0 Å². The van der Waals surface area contributed by atoms with Crippen LogP contribution in [0.5, 0.6) is 5.75 Å². The monoisotopic (exact) mass is 361 g/mol. The van der Waals surface area contributed by atoms with Gasteiger partial charge in [-0.1, -0.05) is 12.1 Å². The third-order valence-corrected chi connectivity index (χ3v) is 4.84. The average molecular weight is 362 g/mol. The van der Waals surface area contributed by atoms with E-state index in [9.17, 15) is 0 Å². The predicted octanol–water partition coefficient (Wildman–Crippen LogP) is 1.95. The maximum Gasteiger partial charge on any atom is 0.191 e. The SMILES string of the molecule is CN=C(NCCCN(C)C)NCC(c1ccc(OC)cc1)N1CCCC1. The molecule has 26 heavy (non-hydrogen) atoms. The normalized spacial score (nSPS) is 16.7. The van der Waals surface area contributed by atoms with Crippen molar-refractivity contribution in [3.63, 3.8) is 0 Å². The Kier molecular flexibility index (Phi) is 8.71. The summed E-state index contributed by atoms with van der Waals surface area (Å²) < 4.78 is 5.30. The van der Waals surface area contributed by atoms with Gasteiger partial charge in [-0.25, -0.2) is 0 Å². The van der Waals surface area contributed by atoms with Gasteiger partial charge in [0.1, 0.15) is 5.75 Å². The number of methoxy groups -OCH3 is 1. The molecule has 2 rings (SSSR count). The Morgan fingerprint density at radius 2 is 1.88 bits per heavy atom. The molecule has 6 heteroatoms. The van der Waals surface area contributed by atoms with E-state index in [-0.39, 0.29) is 0 Å². The van der Waals surface area contributed by atoms with Crippen molar-refractivity contribution in [2.24, 2.45) is 4.99 Å². The molecule has 0 saturated carbocycles. The highest BCUT2D eigenvalue weighted by Gasteiger charge is 2.23. The van der Waals surface area contributed by atoms with Gasteiger partial charge >= 0.3 is 0 Å². The zero-order valence-corrected chi connectivity index (χ0v) is 16.8. The maximum absolute atomic E-state index is 5.30. The highest BCUT2D eigenvalue weighted by molar-refractivity contribution is 5.79. The van der Waals surface area contributed by atoms with Gasteiger partial charge in [0.15, 0.2) is 5.96 Å². The van der Waals surface area contributed by atoms with E-state index in [2.05, 4.69) is 51.7 Å². The first-order valence-corrected chi connectivity index (χ1v) is 9.61. The van der Waals surface area contributed by atoms with Crippen LogP contribution in [-0.4, -0.2) is 76.7 Å². The molecule has 0 spiro atoms. The second kappa shape index (κ2) is 11.0. The molecule has 0 radical (unpaired) electrons. The first kappa shape index (κ1) is 20.5. The number of nitrogens with zero attached hydrogens (tertiary/aromatic N) is 3. The van der Waals surface area contributed by atoms with Gasteiger partial charge < -0.3 is 20.3 Å². The van der Waals surface area contributed by atoms with Crippen LogP contribution in [0.25, 0.3) is 0 Å². The molecule has 1 aromatic carbocycles. The fourth-order valence-corrected chi connectivity index (χ4v) is 3.35. The molecule has 1 aliphatic rings. The lowest BCUT2D eigenvalue weighted by molar-refractivity contribution is 0.245. The van der Waals surface area contributed by atoms with E-state index in [1.54, 1.807) is 7.11 Å². The summed E-state index contributed by atoms with van der Waals surface area (Å²) in [6.45, 7) is 5.17. The Balaban J connectivity index is 1.93. The highest BCUT2D eigenvalue weighted by Crippen LogP contribution is 2.26. The quantitative estimate of drug-likeness (QED) is 0.400.